The van der Waals surface area contributed by atoms with Gasteiger partial charge in [-0.05, 0) is 51.9 Å². The molecule has 0 aromatic heterocycles. The highest BCUT2D eigenvalue weighted by molar-refractivity contribution is 5.77. The summed E-state index contributed by atoms with van der Waals surface area (Å²) in [4.78, 5) is 22.2. The molecule has 3 aromatic carbocycles. The van der Waals surface area contributed by atoms with Crippen molar-refractivity contribution < 1.29 is 28.9 Å². The highest BCUT2D eigenvalue weighted by Crippen LogP contribution is 2.38. The molecular weight excluding hydrogens is 432 g/mol. The van der Waals surface area contributed by atoms with Crippen LogP contribution < -0.4 is 4.74 Å². The van der Waals surface area contributed by atoms with Crippen LogP contribution in [0.1, 0.15) is 47.6 Å². The number of hydrogen-bond donors (Lipinski definition) is 1. The van der Waals surface area contributed by atoms with Gasteiger partial charge in [0, 0.05) is 5.56 Å². The number of carbonyl (C=O) groups excluding carboxylic acids is 1. The fourth-order valence-electron chi connectivity index (χ4n) is 3.94. The lowest BCUT2D eigenvalue weighted by Gasteiger charge is -2.22. The summed E-state index contributed by atoms with van der Waals surface area (Å²) in [7, 11) is 0. The number of rotatable bonds is 10. The average Bonchev–Trinajstić information content (AvgIpc) is 2.85. The predicted octanol–water partition coefficient (Wildman–Crippen LogP) is 5.43. The van der Waals surface area contributed by atoms with Crippen molar-refractivity contribution in [2.24, 2.45) is 0 Å². The van der Waals surface area contributed by atoms with Gasteiger partial charge in [0.25, 0.3) is 0 Å². The normalized spacial score (nSPS) is 11.8. The molecule has 4 rings (SSSR count). The lowest BCUT2D eigenvalue weighted by molar-refractivity contribution is -0.148. The van der Waals surface area contributed by atoms with E-state index in [1.165, 1.54) is 11.1 Å². The highest BCUT2D eigenvalue weighted by atomic mass is 16.5. The number of carboxylic acids is 1. The highest BCUT2D eigenvalue weighted by Gasteiger charge is 2.18. The molecule has 0 fully saturated rings. The molecule has 0 amide bonds. The standard InChI is InChI=1S/C28H28O6/c1-2-19-6-9-25-24-8-7-22(13-23(24)18-33-26(25)14-19)16-32-15-20-4-3-5-21(12-20)17-34-28(31)11-10-27(29)30/h3-9,12-14H,2,10-11,15-18H2,1H3,(H,29,30). The van der Waals surface area contributed by atoms with Gasteiger partial charge in [-0.2, -0.15) is 0 Å². The summed E-state index contributed by atoms with van der Waals surface area (Å²) in [6.45, 7) is 3.70. The Morgan fingerprint density at radius 3 is 2.32 bits per heavy atom. The Kier molecular flexibility index (Phi) is 7.60. The van der Waals surface area contributed by atoms with E-state index < -0.39 is 11.9 Å². The quantitative estimate of drug-likeness (QED) is 0.406. The molecule has 0 spiro atoms. The van der Waals surface area contributed by atoms with Gasteiger partial charge in [0.15, 0.2) is 0 Å². The van der Waals surface area contributed by atoms with Crippen LogP contribution in [0.25, 0.3) is 11.1 Å². The predicted molar refractivity (Wildman–Crippen MR) is 127 cm³/mol. The van der Waals surface area contributed by atoms with Crippen LogP contribution in [0.2, 0.25) is 0 Å². The van der Waals surface area contributed by atoms with Gasteiger partial charge in [-0.15, -0.1) is 0 Å². The maximum Gasteiger partial charge on any atom is 0.306 e. The molecule has 1 N–H and O–H groups in total. The van der Waals surface area contributed by atoms with E-state index in [4.69, 9.17) is 19.3 Å². The first-order valence-corrected chi connectivity index (χ1v) is 11.4. The van der Waals surface area contributed by atoms with Crippen molar-refractivity contribution in [2.75, 3.05) is 0 Å². The molecule has 0 saturated carbocycles. The molecule has 0 unspecified atom stereocenters. The number of carboxylic acid groups (broad SMARTS) is 1. The van der Waals surface area contributed by atoms with E-state index in [1.807, 2.05) is 24.3 Å². The van der Waals surface area contributed by atoms with Gasteiger partial charge >= 0.3 is 11.9 Å². The zero-order valence-corrected chi connectivity index (χ0v) is 19.2. The van der Waals surface area contributed by atoms with Gasteiger partial charge in [0.05, 0.1) is 26.1 Å². The van der Waals surface area contributed by atoms with Crippen LogP contribution in [-0.4, -0.2) is 17.0 Å². The second-order valence-corrected chi connectivity index (χ2v) is 8.33. The van der Waals surface area contributed by atoms with E-state index in [0.717, 1.165) is 40.0 Å². The first-order valence-electron chi connectivity index (χ1n) is 11.4. The van der Waals surface area contributed by atoms with E-state index in [-0.39, 0.29) is 19.4 Å². The average molecular weight is 461 g/mol. The van der Waals surface area contributed by atoms with Crippen molar-refractivity contribution in [1.29, 1.82) is 0 Å². The minimum atomic E-state index is -1.02. The van der Waals surface area contributed by atoms with E-state index in [9.17, 15) is 9.59 Å². The van der Waals surface area contributed by atoms with Gasteiger partial charge in [-0.25, -0.2) is 0 Å². The third kappa shape index (κ3) is 6.02. The largest absolute Gasteiger partial charge is 0.488 e. The van der Waals surface area contributed by atoms with Gasteiger partial charge in [-0.3, -0.25) is 9.59 Å². The van der Waals surface area contributed by atoms with Gasteiger partial charge in [-0.1, -0.05) is 55.5 Å². The van der Waals surface area contributed by atoms with Crippen molar-refractivity contribution in [3.8, 4) is 16.9 Å². The fraction of sp³-hybridized carbons (Fsp3) is 0.286. The molecule has 0 saturated heterocycles. The Labute approximate surface area is 199 Å². The van der Waals surface area contributed by atoms with Gasteiger partial charge in [0.1, 0.15) is 19.0 Å². The van der Waals surface area contributed by atoms with Crippen LogP contribution in [0.3, 0.4) is 0 Å². The van der Waals surface area contributed by atoms with Crippen LogP contribution in [0, 0.1) is 0 Å². The minimum Gasteiger partial charge on any atom is -0.488 e. The van der Waals surface area contributed by atoms with E-state index in [0.29, 0.717) is 19.8 Å². The second kappa shape index (κ2) is 11.0. The smallest absolute Gasteiger partial charge is 0.306 e. The summed E-state index contributed by atoms with van der Waals surface area (Å²) in [5.41, 5.74) is 7.66. The monoisotopic (exact) mass is 460 g/mol. The molecule has 1 aliphatic heterocycles. The maximum atomic E-state index is 11.6. The number of aryl methyl sites for hydroxylation is 1. The Balaban J connectivity index is 1.31. The van der Waals surface area contributed by atoms with Crippen molar-refractivity contribution in [3.63, 3.8) is 0 Å². The van der Waals surface area contributed by atoms with Gasteiger partial charge in [0.2, 0.25) is 0 Å². The molecule has 1 heterocycles. The van der Waals surface area contributed by atoms with E-state index >= 15 is 0 Å². The van der Waals surface area contributed by atoms with Crippen molar-refractivity contribution in [2.45, 2.75) is 52.6 Å². The Hall–Kier alpha value is -3.64. The Bertz CT molecular complexity index is 1180. The molecule has 0 atom stereocenters. The zero-order valence-electron chi connectivity index (χ0n) is 19.2. The molecule has 0 radical (unpaired) electrons. The maximum absolute atomic E-state index is 11.6. The van der Waals surface area contributed by atoms with Crippen molar-refractivity contribution >= 4 is 11.9 Å². The summed E-state index contributed by atoms with van der Waals surface area (Å²) in [5.74, 6) is -0.588. The number of carbonyl (C=O) groups is 2. The third-order valence-electron chi connectivity index (χ3n) is 5.77. The lowest BCUT2D eigenvalue weighted by atomic mass is 9.94. The zero-order chi connectivity index (χ0) is 23.9. The lowest BCUT2D eigenvalue weighted by Crippen LogP contribution is -2.07. The summed E-state index contributed by atoms with van der Waals surface area (Å²) in [6.07, 6.45) is 0.629. The first-order chi connectivity index (χ1) is 16.5. The molecule has 34 heavy (non-hydrogen) atoms. The SMILES string of the molecule is CCc1ccc2c(c1)OCc1cc(COCc3cccc(COC(=O)CCC(=O)O)c3)ccc1-2. The summed E-state index contributed by atoms with van der Waals surface area (Å²) < 4.78 is 17.1. The molecule has 6 nitrogen and oxygen atoms in total. The Morgan fingerprint density at radius 1 is 0.853 bits per heavy atom. The van der Waals surface area contributed by atoms with Crippen LogP contribution in [-0.2, 0) is 51.9 Å². The van der Waals surface area contributed by atoms with Crippen LogP contribution in [0.5, 0.6) is 5.75 Å². The Morgan fingerprint density at radius 2 is 1.56 bits per heavy atom. The topological polar surface area (TPSA) is 82.1 Å². The summed E-state index contributed by atoms with van der Waals surface area (Å²) in [6, 6.07) is 20.4. The van der Waals surface area contributed by atoms with E-state index in [1.54, 1.807) is 0 Å². The number of aliphatic carboxylic acids is 1. The molecular formula is C28H28O6. The van der Waals surface area contributed by atoms with E-state index in [2.05, 4.69) is 43.3 Å². The number of hydrogen-bond acceptors (Lipinski definition) is 5. The number of esters is 1. The number of fused-ring (bicyclic) bond motifs is 3. The summed E-state index contributed by atoms with van der Waals surface area (Å²) in [5, 5.41) is 8.64. The summed E-state index contributed by atoms with van der Waals surface area (Å²) >= 11 is 0. The molecule has 6 heteroatoms. The molecule has 176 valence electrons. The molecule has 0 aliphatic carbocycles. The van der Waals surface area contributed by atoms with Gasteiger partial charge < -0.3 is 19.3 Å². The first kappa shape index (κ1) is 23.5. The van der Waals surface area contributed by atoms with Crippen LogP contribution in [0.4, 0.5) is 0 Å². The number of benzene rings is 3. The molecule has 0 bridgehead atoms. The van der Waals surface area contributed by atoms with Crippen LogP contribution >= 0.6 is 0 Å². The molecule has 3 aromatic rings. The van der Waals surface area contributed by atoms with Crippen molar-refractivity contribution in [3.05, 3.63) is 88.5 Å². The van der Waals surface area contributed by atoms with Crippen molar-refractivity contribution in [1.82, 2.24) is 0 Å². The molecule has 1 aliphatic rings. The third-order valence-corrected chi connectivity index (χ3v) is 5.77. The second-order valence-electron chi connectivity index (χ2n) is 8.33. The minimum absolute atomic E-state index is 0.109. The fourth-order valence-corrected chi connectivity index (χ4v) is 3.94. The van der Waals surface area contributed by atoms with Crippen LogP contribution in [0.15, 0.2) is 60.7 Å². The number of ether oxygens (including phenoxy) is 3.